The zero-order valence-corrected chi connectivity index (χ0v) is 16.5. The predicted molar refractivity (Wildman–Crippen MR) is 111 cm³/mol. The first-order chi connectivity index (χ1) is 15.0. The number of para-hydroxylation sites is 1. The van der Waals surface area contributed by atoms with Crippen LogP contribution >= 0.6 is 0 Å². The van der Waals surface area contributed by atoms with E-state index in [1.165, 1.54) is 11.1 Å². The number of carbonyl (C=O) groups is 2. The summed E-state index contributed by atoms with van der Waals surface area (Å²) in [6, 6.07) is 16.2. The molecule has 2 aromatic carbocycles. The van der Waals surface area contributed by atoms with Crippen molar-refractivity contribution in [2.75, 3.05) is 13.1 Å². The van der Waals surface area contributed by atoms with Gasteiger partial charge in [-0.1, -0.05) is 18.2 Å². The maximum atomic E-state index is 11.8. The topological polar surface area (TPSA) is 128 Å². The molecule has 1 saturated heterocycles. The Morgan fingerprint density at radius 1 is 1.00 bits per heavy atom. The molecule has 158 valence electrons. The lowest BCUT2D eigenvalue weighted by Gasteiger charge is -2.14. The van der Waals surface area contributed by atoms with Crippen LogP contribution in [0.1, 0.15) is 28.5 Å². The summed E-state index contributed by atoms with van der Waals surface area (Å²) in [6.07, 6.45) is 0.925. The second-order valence-corrected chi connectivity index (χ2v) is 7.01. The Balaban J connectivity index is 1.52. The van der Waals surface area contributed by atoms with E-state index in [4.69, 9.17) is 20.3 Å². The molecule has 31 heavy (non-hydrogen) atoms. The SMILES string of the molecule is NC(=O)c1cnc(C2CCN(C(=O)O)C2)nc1Oc1ccc(Oc2ccccc2)cc1. The number of benzene rings is 2. The van der Waals surface area contributed by atoms with Crippen molar-refractivity contribution in [3.8, 4) is 23.1 Å². The predicted octanol–water partition coefficient (Wildman–Crippen LogP) is 3.63. The van der Waals surface area contributed by atoms with Gasteiger partial charge in [-0.2, -0.15) is 4.98 Å². The molecule has 1 aliphatic rings. The summed E-state index contributed by atoms with van der Waals surface area (Å²) in [7, 11) is 0. The average Bonchev–Trinajstić information content (AvgIpc) is 3.26. The number of hydrogen-bond acceptors (Lipinski definition) is 6. The van der Waals surface area contributed by atoms with Crippen LogP contribution in [0.25, 0.3) is 0 Å². The Bertz CT molecular complexity index is 1090. The van der Waals surface area contributed by atoms with Crippen molar-refractivity contribution in [1.82, 2.24) is 14.9 Å². The molecular formula is C22H20N4O5. The van der Waals surface area contributed by atoms with Gasteiger partial charge in [-0.05, 0) is 42.8 Å². The third kappa shape index (κ3) is 4.72. The minimum atomic E-state index is -0.981. The van der Waals surface area contributed by atoms with Crippen LogP contribution in [0.15, 0.2) is 60.8 Å². The normalized spacial score (nSPS) is 15.5. The Hall–Kier alpha value is -4.14. The average molecular weight is 420 g/mol. The highest BCUT2D eigenvalue weighted by molar-refractivity contribution is 5.94. The van der Waals surface area contributed by atoms with Gasteiger partial charge >= 0.3 is 6.09 Å². The van der Waals surface area contributed by atoms with Crippen molar-refractivity contribution < 1.29 is 24.2 Å². The molecule has 2 heterocycles. The number of likely N-dealkylation sites (tertiary alicyclic amines) is 1. The number of nitrogens with zero attached hydrogens (tertiary/aromatic N) is 3. The van der Waals surface area contributed by atoms with E-state index in [9.17, 15) is 9.59 Å². The van der Waals surface area contributed by atoms with Gasteiger partial charge in [0.15, 0.2) is 0 Å². The van der Waals surface area contributed by atoms with Crippen LogP contribution in [0.3, 0.4) is 0 Å². The van der Waals surface area contributed by atoms with Crippen LogP contribution in [0.5, 0.6) is 23.1 Å². The third-order valence-electron chi connectivity index (χ3n) is 4.88. The van der Waals surface area contributed by atoms with Crippen LogP contribution in [0, 0.1) is 0 Å². The van der Waals surface area contributed by atoms with E-state index in [0.29, 0.717) is 36.0 Å². The first-order valence-electron chi connectivity index (χ1n) is 9.65. The lowest BCUT2D eigenvalue weighted by molar-refractivity contribution is 0.0997. The fourth-order valence-corrected chi connectivity index (χ4v) is 3.28. The van der Waals surface area contributed by atoms with E-state index in [0.717, 1.165) is 0 Å². The van der Waals surface area contributed by atoms with Gasteiger partial charge in [0.05, 0.1) is 0 Å². The van der Waals surface area contributed by atoms with Gasteiger partial charge in [-0.25, -0.2) is 9.78 Å². The highest BCUT2D eigenvalue weighted by Gasteiger charge is 2.30. The molecule has 3 aromatic rings. The number of hydrogen-bond donors (Lipinski definition) is 2. The van der Waals surface area contributed by atoms with E-state index in [-0.39, 0.29) is 23.9 Å². The first kappa shape index (κ1) is 20.1. The smallest absolute Gasteiger partial charge is 0.407 e. The van der Waals surface area contributed by atoms with Crippen LogP contribution in [-0.2, 0) is 0 Å². The Morgan fingerprint density at radius 2 is 1.65 bits per heavy atom. The molecule has 2 amide bonds. The second kappa shape index (κ2) is 8.70. The molecule has 9 heteroatoms. The Morgan fingerprint density at radius 3 is 2.26 bits per heavy atom. The molecule has 0 bridgehead atoms. The molecule has 3 N–H and O–H groups in total. The molecule has 1 unspecified atom stereocenters. The number of nitrogens with two attached hydrogens (primary N) is 1. The number of rotatable bonds is 6. The zero-order chi connectivity index (χ0) is 21.8. The number of aromatic nitrogens is 2. The lowest BCUT2D eigenvalue weighted by atomic mass is 10.1. The van der Waals surface area contributed by atoms with E-state index >= 15 is 0 Å². The standard InChI is InChI=1S/C22H20N4O5/c23-19(27)18-12-24-20(14-10-11-26(13-14)22(28)29)25-21(18)31-17-8-6-16(7-9-17)30-15-4-2-1-3-5-15/h1-9,12,14H,10-11,13H2,(H2,23,27)(H,28,29). The van der Waals surface area contributed by atoms with Gasteiger partial charge in [0.1, 0.15) is 28.6 Å². The van der Waals surface area contributed by atoms with E-state index in [2.05, 4.69) is 9.97 Å². The highest BCUT2D eigenvalue weighted by Crippen LogP contribution is 2.30. The largest absolute Gasteiger partial charge is 0.465 e. The van der Waals surface area contributed by atoms with Crippen LogP contribution in [0.2, 0.25) is 0 Å². The molecule has 0 aliphatic carbocycles. The molecule has 4 rings (SSSR count). The summed E-state index contributed by atoms with van der Waals surface area (Å²) in [5.41, 5.74) is 5.48. The minimum absolute atomic E-state index is 0.0306. The molecular weight excluding hydrogens is 400 g/mol. The second-order valence-electron chi connectivity index (χ2n) is 7.01. The van der Waals surface area contributed by atoms with Gasteiger partial charge in [0.25, 0.3) is 5.91 Å². The summed E-state index contributed by atoms with van der Waals surface area (Å²) in [5.74, 6) is 1.31. The summed E-state index contributed by atoms with van der Waals surface area (Å²) in [5, 5.41) is 9.15. The maximum Gasteiger partial charge on any atom is 0.407 e. The number of ether oxygens (including phenoxy) is 2. The van der Waals surface area contributed by atoms with Crippen molar-refractivity contribution in [1.29, 1.82) is 0 Å². The van der Waals surface area contributed by atoms with Gasteiger partial charge < -0.3 is 25.2 Å². The fraction of sp³-hybridized carbons (Fsp3) is 0.182. The number of carbonyl (C=O) groups excluding carboxylic acids is 1. The van der Waals surface area contributed by atoms with Gasteiger partial charge in [0, 0.05) is 25.2 Å². The molecule has 0 radical (unpaired) electrons. The fourth-order valence-electron chi connectivity index (χ4n) is 3.28. The molecule has 1 atom stereocenters. The lowest BCUT2D eigenvalue weighted by Crippen LogP contribution is -2.26. The first-order valence-corrected chi connectivity index (χ1v) is 9.65. The van der Waals surface area contributed by atoms with E-state index in [1.807, 2.05) is 30.3 Å². The summed E-state index contributed by atoms with van der Waals surface area (Å²) in [6.45, 7) is 0.691. The zero-order valence-electron chi connectivity index (χ0n) is 16.5. The van der Waals surface area contributed by atoms with Crippen molar-refractivity contribution >= 4 is 12.0 Å². The number of primary amides is 1. The van der Waals surface area contributed by atoms with Crippen LogP contribution in [0.4, 0.5) is 4.79 Å². The Kier molecular flexibility index (Phi) is 5.65. The minimum Gasteiger partial charge on any atom is -0.465 e. The van der Waals surface area contributed by atoms with E-state index < -0.39 is 12.0 Å². The summed E-state index contributed by atoms with van der Waals surface area (Å²) < 4.78 is 11.6. The van der Waals surface area contributed by atoms with Crippen molar-refractivity contribution in [2.24, 2.45) is 5.73 Å². The van der Waals surface area contributed by atoms with Crippen LogP contribution < -0.4 is 15.2 Å². The van der Waals surface area contributed by atoms with Crippen LogP contribution in [-0.4, -0.2) is 45.1 Å². The molecule has 0 spiro atoms. The third-order valence-corrected chi connectivity index (χ3v) is 4.88. The highest BCUT2D eigenvalue weighted by atomic mass is 16.5. The number of amides is 2. The van der Waals surface area contributed by atoms with Crippen molar-refractivity contribution in [3.63, 3.8) is 0 Å². The molecule has 1 aromatic heterocycles. The van der Waals surface area contributed by atoms with Gasteiger partial charge in [-0.3, -0.25) is 4.79 Å². The quantitative estimate of drug-likeness (QED) is 0.623. The van der Waals surface area contributed by atoms with Gasteiger partial charge in [-0.15, -0.1) is 0 Å². The maximum absolute atomic E-state index is 11.8. The van der Waals surface area contributed by atoms with Gasteiger partial charge in [0.2, 0.25) is 5.88 Å². The van der Waals surface area contributed by atoms with Crippen molar-refractivity contribution in [2.45, 2.75) is 12.3 Å². The van der Waals surface area contributed by atoms with Crippen molar-refractivity contribution in [3.05, 3.63) is 72.2 Å². The monoisotopic (exact) mass is 420 g/mol. The van der Waals surface area contributed by atoms with E-state index in [1.54, 1.807) is 24.3 Å². The summed E-state index contributed by atoms with van der Waals surface area (Å²) in [4.78, 5) is 32.8. The molecule has 1 aliphatic heterocycles. The molecule has 9 nitrogen and oxygen atoms in total. The molecule has 1 fully saturated rings. The number of carboxylic acid groups (broad SMARTS) is 1. The Labute approximate surface area is 178 Å². The molecule has 0 saturated carbocycles. The summed E-state index contributed by atoms with van der Waals surface area (Å²) >= 11 is 0.